The standard InChI is InChI=1S/C64H47N3OS/c1-69-62-15-8-11-53-63(62)49-22-20-44(35-54(49)64(53)42-28-37-27-38(30-42)31-43(64)29-37)66-58-24-17-40(33-51(58)52-34-41(18-25-59(52)66)55-12-6-7-26-65-55)39-16-23-57-50(32-39)46-9-2-4-13-56(46)67(57)45-19-21-48-47-10-3-5-14-60(47)68-61(48)36-45/h2-26,32-38,42-43H,27-31H2,1H3. The molecule has 0 saturated heterocycles. The summed E-state index contributed by atoms with van der Waals surface area (Å²) >= 11 is 1.91. The molecule has 0 radical (unpaired) electrons. The monoisotopic (exact) mass is 905 g/mol. The fourth-order valence-electron chi connectivity index (χ4n) is 15.0. The van der Waals surface area contributed by atoms with Crippen LogP contribution in [0.2, 0.25) is 0 Å². The minimum Gasteiger partial charge on any atom is -0.456 e. The molecule has 0 aliphatic heterocycles. The minimum absolute atomic E-state index is 0.0832. The Balaban J connectivity index is 0.883. The third-order valence-electron chi connectivity index (χ3n) is 17.4. The second kappa shape index (κ2) is 14.1. The molecule has 12 aromatic rings. The van der Waals surface area contributed by atoms with Crippen molar-refractivity contribution in [2.75, 3.05) is 6.26 Å². The number of hydrogen-bond acceptors (Lipinski definition) is 3. The molecule has 4 aromatic heterocycles. The zero-order chi connectivity index (χ0) is 45.1. The molecule has 0 amide bonds. The van der Waals surface area contributed by atoms with Gasteiger partial charge in [-0.2, -0.15) is 0 Å². The van der Waals surface area contributed by atoms with Gasteiger partial charge in [0.25, 0.3) is 0 Å². The van der Waals surface area contributed by atoms with Gasteiger partial charge in [-0.25, -0.2) is 0 Å². The summed E-state index contributed by atoms with van der Waals surface area (Å²) < 4.78 is 11.3. The summed E-state index contributed by atoms with van der Waals surface area (Å²) in [6.07, 6.45) is 11.1. The molecular weight excluding hydrogens is 859 g/mol. The molecule has 0 atom stereocenters. The van der Waals surface area contributed by atoms with Crippen LogP contribution in [0.4, 0.5) is 0 Å². The molecular formula is C64H47N3OS. The molecule has 0 unspecified atom stereocenters. The van der Waals surface area contributed by atoms with Gasteiger partial charge in [-0.05, 0) is 186 Å². The molecule has 5 aliphatic rings. The Labute approximate surface area is 404 Å². The van der Waals surface area contributed by atoms with Crippen LogP contribution in [0.5, 0.6) is 0 Å². The van der Waals surface area contributed by atoms with Crippen LogP contribution < -0.4 is 0 Å². The molecule has 1 spiro atoms. The van der Waals surface area contributed by atoms with Crippen molar-refractivity contribution in [1.29, 1.82) is 0 Å². The second-order valence-corrected chi connectivity index (χ2v) is 21.5. The molecule has 4 heterocycles. The number of nitrogens with zero attached hydrogens (tertiary/aromatic N) is 3. The average molecular weight is 906 g/mol. The molecule has 4 nitrogen and oxygen atoms in total. The molecule has 5 aliphatic carbocycles. The van der Waals surface area contributed by atoms with E-state index in [1.807, 2.05) is 30.1 Å². The van der Waals surface area contributed by atoms with E-state index in [2.05, 4.69) is 179 Å². The predicted octanol–water partition coefficient (Wildman–Crippen LogP) is 17.0. The van der Waals surface area contributed by atoms with E-state index < -0.39 is 0 Å². The second-order valence-electron chi connectivity index (χ2n) is 20.7. The number of benzene rings is 8. The van der Waals surface area contributed by atoms with Crippen LogP contribution in [0.15, 0.2) is 191 Å². The molecule has 4 bridgehead atoms. The summed E-state index contributed by atoms with van der Waals surface area (Å²) in [7, 11) is 0. The van der Waals surface area contributed by atoms with Crippen molar-refractivity contribution in [3.05, 3.63) is 193 Å². The van der Waals surface area contributed by atoms with Gasteiger partial charge in [-0.3, -0.25) is 4.98 Å². The quantitative estimate of drug-likeness (QED) is 0.161. The topological polar surface area (TPSA) is 35.9 Å². The lowest BCUT2D eigenvalue weighted by Crippen LogP contribution is -2.55. The predicted molar refractivity (Wildman–Crippen MR) is 286 cm³/mol. The van der Waals surface area contributed by atoms with Crippen LogP contribution >= 0.6 is 11.8 Å². The van der Waals surface area contributed by atoms with Crippen LogP contribution in [0.1, 0.15) is 43.2 Å². The van der Waals surface area contributed by atoms with Crippen LogP contribution in [-0.2, 0) is 5.41 Å². The Morgan fingerprint density at radius 1 is 0.478 bits per heavy atom. The molecule has 17 rings (SSSR count). The number of fused-ring (bicyclic) bond motifs is 12. The third-order valence-corrected chi connectivity index (χ3v) is 18.2. The fourth-order valence-corrected chi connectivity index (χ4v) is 15.6. The van der Waals surface area contributed by atoms with Crippen LogP contribution in [-0.4, -0.2) is 20.4 Å². The van der Waals surface area contributed by atoms with Crippen LogP contribution in [0.3, 0.4) is 0 Å². The van der Waals surface area contributed by atoms with Crippen molar-refractivity contribution in [1.82, 2.24) is 14.1 Å². The van der Waals surface area contributed by atoms with E-state index in [4.69, 9.17) is 9.40 Å². The van der Waals surface area contributed by atoms with Gasteiger partial charge in [0.1, 0.15) is 11.2 Å². The number of thioether (sulfide) groups is 1. The largest absolute Gasteiger partial charge is 0.456 e. The number of rotatable bonds is 5. The van der Waals surface area contributed by atoms with Gasteiger partial charge >= 0.3 is 0 Å². The smallest absolute Gasteiger partial charge is 0.137 e. The molecule has 4 saturated carbocycles. The number of para-hydroxylation sites is 2. The van der Waals surface area contributed by atoms with Crippen LogP contribution in [0.25, 0.3) is 110 Å². The van der Waals surface area contributed by atoms with E-state index in [-0.39, 0.29) is 5.41 Å². The highest BCUT2D eigenvalue weighted by molar-refractivity contribution is 7.98. The summed E-state index contributed by atoms with van der Waals surface area (Å²) in [6.45, 7) is 0. The lowest BCUT2D eigenvalue weighted by atomic mass is 9.43. The number of furan rings is 1. The SMILES string of the molecule is CSc1cccc2c1-c1ccc(-n3c4ccc(-c5ccc6c(c5)c5ccccc5n6-c5ccc6c(c5)oc5ccccc56)cc4c4cc(-c5ccccn5)ccc43)cc1C21C2CC3CC(C2)CC1C3. The Morgan fingerprint density at radius 3 is 1.81 bits per heavy atom. The Morgan fingerprint density at radius 2 is 1.09 bits per heavy atom. The van der Waals surface area contributed by atoms with Crippen molar-refractivity contribution in [3.8, 4) is 44.9 Å². The van der Waals surface area contributed by atoms with Crippen molar-refractivity contribution < 1.29 is 4.42 Å². The highest BCUT2D eigenvalue weighted by atomic mass is 32.2. The Bertz CT molecular complexity index is 4120. The van der Waals surface area contributed by atoms with Gasteiger partial charge in [0.05, 0.1) is 27.8 Å². The van der Waals surface area contributed by atoms with Crippen molar-refractivity contribution >= 4 is 77.3 Å². The highest BCUT2D eigenvalue weighted by Crippen LogP contribution is 2.70. The molecule has 4 fully saturated rings. The van der Waals surface area contributed by atoms with E-state index in [1.54, 1.807) is 11.1 Å². The fraction of sp³-hybridized carbons (Fsp3) is 0.172. The van der Waals surface area contributed by atoms with E-state index in [0.717, 1.165) is 50.7 Å². The number of aromatic nitrogens is 3. The Hall–Kier alpha value is -7.34. The third kappa shape index (κ3) is 5.24. The normalized spacial score (nSPS) is 21.2. The highest BCUT2D eigenvalue weighted by Gasteiger charge is 2.61. The minimum atomic E-state index is 0.0832. The van der Waals surface area contributed by atoms with E-state index >= 15 is 0 Å². The van der Waals surface area contributed by atoms with Crippen molar-refractivity contribution in [3.63, 3.8) is 0 Å². The van der Waals surface area contributed by atoms with Gasteiger partial charge in [-0.1, -0.05) is 78.9 Å². The first-order valence-electron chi connectivity index (χ1n) is 24.9. The average Bonchev–Trinajstić information content (AvgIpc) is 4.12. The summed E-state index contributed by atoms with van der Waals surface area (Å²) in [4.78, 5) is 6.23. The van der Waals surface area contributed by atoms with Gasteiger partial charge < -0.3 is 13.6 Å². The maximum atomic E-state index is 6.39. The summed E-state index contributed by atoms with van der Waals surface area (Å²) in [5.41, 5.74) is 19.8. The maximum Gasteiger partial charge on any atom is 0.137 e. The van der Waals surface area contributed by atoms with Crippen molar-refractivity contribution in [2.24, 2.45) is 23.7 Å². The Kier molecular flexibility index (Phi) is 7.90. The molecule has 330 valence electrons. The van der Waals surface area contributed by atoms with Gasteiger partial charge in [-0.15, -0.1) is 11.8 Å². The molecule has 5 heteroatoms. The zero-order valence-electron chi connectivity index (χ0n) is 38.3. The number of pyridine rings is 1. The zero-order valence-corrected chi connectivity index (χ0v) is 39.1. The maximum absolute atomic E-state index is 6.39. The summed E-state index contributed by atoms with van der Waals surface area (Å²) in [5.74, 6) is 3.20. The lowest BCUT2D eigenvalue weighted by Gasteiger charge is -2.61. The van der Waals surface area contributed by atoms with E-state index in [0.29, 0.717) is 11.8 Å². The molecule has 69 heavy (non-hydrogen) atoms. The number of hydrogen-bond donors (Lipinski definition) is 0. The van der Waals surface area contributed by atoms with Gasteiger partial charge in [0.2, 0.25) is 0 Å². The molecule has 8 aromatic carbocycles. The summed E-state index contributed by atoms with van der Waals surface area (Å²) in [5, 5.41) is 7.24. The van der Waals surface area contributed by atoms with Gasteiger partial charge in [0.15, 0.2) is 0 Å². The van der Waals surface area contributed by atoms with Crippen molar-refractivity contribution in [2.45, 2.75) is 42.4 Å². The van der Waals surface area contributed by atoms with E-state index in [9.17, 15) is 0 Å². The van der Waals surface area contributed by atoms with Crippen LogP contribution in [0, 0.1) is 23.7 Å². The van der Waals surface area contributed by atoms with Gasteiger partial charge in [0, 0.05) is 71.8 Å². The first kappa shape index (κ1) is 38.6. The first-order chi connectivity index (χ1) is 34.1. The molecule has 0 N–H and O–H groups in total. The first-order valence-corrected chi connectivity index (χ1v) is 26.1. The van der Waals surface area contributed by atoms with E-state index in [1.165, 1.54) is 109 Å². The lowest BCUT2D eigenvalue weighted by molar-refractivity contribution is -0.0399. The summed E-state index contributed by atoms with van der Waals surface area (Å²) in [6, 6.07) is 65.9.